The number of nitrogens with zero attached hydrogens (tertiary/aromatic N) is 4. The molecule has 0 amide bonds. The van der Waals surface area contributed by atoms with Gasteiger partial charge in [-0.05, 0) is 23.8 Å². The quantitative estimate of drug-likeness (QED) is 0.173. The highest BCUT2D eigenvalue weighted by Gasteiger charge is 2.20. The Balaban J connectivity index is 1.17. The van der Waals surface area contributed by atoms with Crippen molar-refractivity contribution in [2.45, 2.75) is 0 Å². The number of benzene rings is 7. The molecule has 0 atom stereocenters. The summed E-state index contributed by atoms with van der Waals surface area (Å²) in [6.45, 7) is 0. The van der Waals surface area contributed by atoms with E-state index in [0.29, 0.717) is 17.5 Å². The number of furan rings is 1. The van der Waals surface area contributed by atoms with Gasteiger partial charge >= 0.3 is 0 Å². The van der Waals surface area contributed by atoms with Gasteiger partial charge in [0.25, 0.3) is 0 Å². The second kappa shape index (κ2) is 11.9. The molecule has 0 aliphatic rings. The molecule has 0 aliphatic heterocycles. The number of pyridine rings is 1. The summed E-state index contributed by atoms with van der Waals surface area (Å²) >= 11 is 0. The monoisotopic (exact) mass is 652 g/mol. The van der Waals surface area contributed by atoms with Crippen molar-refractivity contribution in [2.24, 2.45) is 0 Å². The summed E-state index contributed by atoms with van der Waals surface area (Å²) in [5.74, 6) is 1.88. The van der Waals surface area contributed by atoms with Crippen LogP contribution in [-0.2, 0) is 0 Å². The maximum atomic E-state index is 6.98. The number of fused-ring (bicyclic) bond motifs is 7. The molecule has 0 fully saturated rings. The van der Waals surface area contributed by atoms with Gasteiger partial charge in [-0.25, -0.2) is 19.9 Å². The van der Waals surface area contributed by atoms with Crippen molar-refractivity contribution >= 4 is 43.6 Å². The molecule has 3 aromatic heterocycles. The molecule has 0 bridgehead atoms. The Labute approximate surface area is 293 Å². The number of hydrogen-bond donors (Lipinski definition) is 0. The van der Waals surface area contributed by atoms with Crippen LogP contribution < -0.4 is 0 Å². The van der Waals surface area contributed by atoms with E-state index in [1.54, 1.807) is 0 Å². The van der Waals surface area contributed by atoms with Crippen LogP contribution in [0.2, 0.25) is 0 Å². The van der Waals surface area contributed by atoms with E-state index in [4.69, 9.17) is 24.4 Å². The van der Waals surface area contributed by atoms with Crippen molar-refractivity contribution in [3.05, 3.63) is 170 Å². The lowest BCUT2D eigenvalue weighted by Gasteiger charge is -2.10. The third-order valence-electron chi connectivity index (χ3n) is 9.51. The molecule has 0 N–H and O–H groups in total. The molecule has 0 unspecified atom stereocenters. The first kappa shape index (κ1) is 29.0. The van der Waals surface area contributed by atoms with Crippen LogP contribution in [0.5, 0.6) is 0 Å². The van der Waals surface area contributed by atoms with Crippen molar-refractivity contribution < 1.29 is 4.42 Å². The largest absolute Gasteiger partial charge is 0.455 e. The van der Waals surface area contributed by atoms with E-state index in [0.717, 1.165) is 82.7 Å². The van der Waals surface area contributed by atoms with Gasteiger partial charge in [0.15, 0.2) is 17.5 Å². The highest BCUT2D eigenvalue weighted by molar-refractivity contribution is 6.25. The van der Waals surface area contributed by atoms with Crippen LogP contribution in [0.4, 0.5) is 0 Å². The van der Waals surface area contributed by atoms with Gasteiger partial charge in [-0.15, -0.1) is 0 Å². The van der Waals surface area contributed by atoms with Crippen molar-refractivity contribution in [3.8, 4) is 56.5 Å². The first-order chi connectivity index (χ1) is 25.3. The normalized spacial score (nSPS) is 11.5. The summed E-state index contributed by atoms with van der Waals surface area (Å²) in [5.41, 5.74) is 9.44. The Morgan fingerprint density at radius 1 is 0.333 bits per heavy atom. The maximum absolute atomic E-state index is 6.98. The molecule has 7 aromatic carbocycles. The molecule has 5 nitrogen and oxygen atoms in total. The number of hydrogen-bond acceptors (Lipinski definition) is 5. The molecule has 5 heteroatoms. The van der Waals surface area contributed by atoms with Crippen molar-refractivity contribution in [1.82, 2.24) is 19.9 Å². The molecule has 238 valence electrons. The van der Waals surface area contributed by atoms with E-state index < -0.39 is 0 Å². The summed E-state index contributed by atoms with van der Waals surface area (Å²) < 4.78 is 6.98. The van der Waals surface area contributed by atoms with Crippen molar-refractivity contribution in [3.63, 3.8) is 0 Å². The highest BCUT2D eigenvalue weighted by atomic mass is 16.3. The van der Waals surface area contributed by atoms with Gasteiger partial charge in [0, 0.05) is 54.7 Å². The van der Waals surface area contributed by atoms with Gasteiger partial charge in [-0.3, -0.25) is 0 Å². The van der Waals surface area contributed by atoms with Crippen LogP contribution >= 0.6 is 0 Å². The van der Waals surface area contributed by atoms with Crippen LogP contribution in [0.3, 0.4) is 0 Å². The molecule has 10 rings (SSSR count). The lowest BCUT2D eigenvalue weighted by molar-refractivity contribution is 0.674. The van der Waals surface area contributed by atoms with Crippen molar-refractivity contribution in [2.75, 3.05) is 0 Å². The van der Waals surface area contributed by atoms with Crippen LogP contribution in [-0.4, -0.2) is 19.9 Å². The van der Waals surface area contributed by atoms with Crippen LogP contribution in [0, 0.1) is 0 Å². The first-order valence-corrected chi connectivity index (χ1v) is 17.0. The van der Waals surface area contributed by atoms with E-state index in [1.165, 1.54) is 0 Å². The second-order valence-electron chi connectivity index (χ2n) is 12.6. The van der Waals surface area contributed by atoms with Crippen LogP contribution in [0.25, 0.3) is 100 Å². The fraction of sp³-hybridized carbons (Fsp3) is 0. The Bertz CT molecular complexity index is 2840. The van der Waals surface area contributed by atoms with Gasteiger partial charge in [0.2, 0.25) is 0 Å². The maximum Gasteiger partial charge on any atom is 0.164 e. The molecule has 10 aromatic rings. The molecule has 0 radical (unpaired) electrons. The zero-order valence-electron chi connectivity index (χ0n) is 27.4. The van der Waals surface area contributed by atoms with E-state index >= 15 is 0 Å². The van der Waals surface area contributed by atoms with Crippen molar-refractivity contribution in [1.29, 1.82) is 0 Å². The molecule has 0 saturated carbocycles. The molecule has 3 heterocycles. The standard InChI is InChI=1S/C46H28N4O/c1-4-14-29(15-5-1)41-38-27-26-36-35-24-13-23-34(42(35)51-43(36)40(38)37-22-10-11-25-39(37)47-41)32-20-12-21-33(28-32)46-49-44(30-16-6-2-7-17-30)48-45(50-46)31-18-8-3-9-19-31/h1-28H. The second-order valence-corrected chi connectivity index (χ2v) is 12.6. The predicted octanol–water partition coefficient (Wildman–Crippen LogP) is 11.8. The molecular formula is C46H28N4O. The van der Waals surface area contributed by atoms with Gasteiger partial charge < -0.3 is 4.42 Å². The summed E-state index contributed by atoms with van der Waals surface area (Å²) in [4.78, 5) is 20.0. The van der Waals surface area contributed by atoms with Crippen LogP contribution in [0.1, 0.15) is 0 Å². The number of aromatic nitrogens is 4. The van der Waals surface area contributed by atoms with E-state index in [9.17, 15) is 0 Å². The first-order valence-electron chi connectivity index (χ1n) is 17.0. The minimum atomic E-state index is 0.611. The minimum Gasteiger partial charge on any atom is -0.455 e. The zero-order chi connectivity index (χ0) is 33.7. The minimum absolute atomic E-state index is 0.611. The van der Waals surface area contributed by atoms with Gasteiger partial charge in [0.1, 0.15) is 11.2 Å². The lowest BCUT2D eigenvalue weighted by atomic mass is 9.97. The Morgan fingerprint density at radius 2 is 0.843 bits per heavy atom. The lowest BCUT2D eigenvalue weighted by Crippen LogP contribution is -2.00. The average Bonchev–Trinajstić information content (AvgIpc) is 3.60. The smallest absolute Gasteiger partial charge is 0.164 e. The summed E-state index contributed by atoms with van der Waals surface area (Å²) in [6, 6.07) is 57.9. The van der Waals surface area contributed by atoms with E-state index in [1.807, 2.05) is 72.8 Å². The third kappa shape index (κ3) is 4.94. The molecule has 0 saturated heterocycles. The zero-order valence-corrected chi connectivity index (χ0v) is 27.4. The Kier molecular flexibility index (Phi) is 6.74. The van der Waals surface area contributed by atoms with E-state index in [2.05, 4.69) is 97.1 Å². The molecular weight excluding hydrogens is 625 g/mol. The molecule has 51 heavy (non-hydrogen) atoms. The van der Waals surface area contributed by atoms with E-state index in [-0.39, 0.29) is 0 Å². The van der Waals surface area contributed by atoms with Gasteiger partial charge in [-0.2, -0.15) is 0 Å². The fourth-order valence-corrected chi connectivity index (χ4v) is 7.10. The molecule has 0 aliphatic carbocycles. The predicted molar refractivity (Wildman–Crippen MR) is 207 cm³/mol. The SMILES string of the molecule is c1ccc(-c2nc(-c3ccccc3)nc(-c3cccc(-c4cccc5c4oc4c5ccc5c(-c6ccccc6)nc6ccccc6c54)c3)n2)cc1. The summed E-state index contributed by atoms with van der Waals surface area (Å²) in [5, 5.41) is 5.34. The highest BCUT2D eigenvalue weighted by Crippen LogP contribution is 2.43. The number of para-hydroxylation sites is 2. The summed E-state index contributed by atoms with van der Waals surface area (Å²) in [6.07, 6.45) is 0. The fourth-order valence-electron chi connectivity index (χ4n) is 7.10. The van der Waals surface area contributed by atoms with Gasteiger partial charge in [-0.1, -0.05) is 152 Å². The molecule has 0 spiro atoms. The van der Waals surface area contributed by atoms with Gasteiger partial charge in [0.05, 0.1) is 11.2 Å². The summed E-state index contributed by atoms with van der Waals surface area (Å²) in [7, 11) is 0. The topological polar surface area (TPSA) is 64.7 Å². The average molecular weight is 653 g/mol. The Hall–Kier alpha value is -6.98. The Morgan fingerprint density at radius 3 is 1.55 bits per heavy atom. The third-order valence-corrected chi connectivity index (χ3v) is 9.51. The number of rotatable bonds is 5. The van der Waals surface area contributed by atoms with Crippen LogP contribution in [0.15, 0.2) is 174 Å².